The molecule has 7 heteroatoms. The van der Waals surface area contributed by atoms with E-state index in [1.54, 1.807) is 13.0 Å². The average molecular weight is 292 g/mol. The van der Waals surface area contributed by atoms with Crippen LogP contribution in [0.15, 0.2) is 23.1 Å². The fraction of sp³-hybridized carbons (Fsp3) is 0.455. The number of sulfonamides is 1. The minimum Gasteiger partial charge on any atom is -0.399 e. The first kappa shape index (κ1) is 15.2. The first-order valence-corrected chi connectivity index (χ1v) is 7.30. The van der Waals surface area contributed by atoms with Crippen LogP contribution in [0.2, 0.25) is 5.02 Å². The maximum atomic E-state index is 12.1. The Hall–Kier alpha value is -0.820. The second-order valence-electron chi connectivity index (χ2n) is 4.47. The predicted octanol–water partition coefficient (Wildman–Crippen LogP) is 1.15. The maximum Gasteiger partial charge on any atom is 0.242 e. The molecule has 18 heavy (non-hydrogen) atoms. The fourth-order valence-electron chi connectivity index (χ4n) is 1.64. The van der Waals surface area contributed by atoms with Crippen LogP contribution in [0.3, 0.4) is 0 Å². The molecule has 1 aromatic carbocycles. The first-order chi connectivity index (χ1) is 8.22. The van der Waals surface area contributed by atoms with Crippen molar-refractivity contribution in [3.63, 3.8) is 0 Å². The lowest BCUT2D eigenvalue weighted by atomic mass is 10.3. The molecule has 0 radical (unpaired) electrons. The average Bonchev–Trinajstić information content (AvgIpc) is 2.19. The first-order valence-electron chi connectivity index (χ1n) is 5.44. The van der Waals surface area contributed by atoms with Crippen molar-refractivity contribution in [2.24, 2.45) is 0 Å². The Bertz CT molecular complexity index is 517. The summed E-state index contributed by atoms with van der Waals surface area (Å²) in [6.45, 7) is 2.39. The van der Waals surface area contributed by atoms with Crippen molar-refractivity contribution in [1.29, 1.82) is 0 Å². The Morgan fingerprint density at radius 3 is 2.61 bits per heavy atom. The number of nitrogens with zero attached hydrogens (tertiary/aromatic N) is 1. The number of anilines is 1. The van der Waals surface area contributed by atoms with Gasteiger partial charge in [-0.3, -0.25) is 0 Å². The van der Waals surface area contributed by atoms with Crippen LogP contribution in [0.4, 0.5) is 5.69 Å². The van der Waals surface area contributed by atoms with Crippen LogP contribution in [0.5, 0.6) is 0 Å². The molecule has 0 amide bonds. The van der Waals surface area contributed by atoms with Gasteiger partial charge in [0, 0.05) is 18.3 Å². The van der Waals surface area contributed by atoms with E-state index in [-0.39, 0.29) is 16.0 Å². The lowest BCUT2D eigenvalue weighted by Crippen LogP contribution is -2.39. The van der Waals surface area contributed by atoms with Crippen molar-refractivity contribution in [2.45, 2.75) is 17.9 Å². The van der Waals surface area contributed by atoms with Crippen molar-refractivity contribution in [3.05, 3.63) is 23.2 Å². The number of nitrogen functional groups attached to an aromatic ring is 1. The number of halogens is 1. The molecule has 0 aliphatic heterocycles. The van der Waals surface area contributed by atoms with Crippen LogP contribution >= 0.6 is 11.6 Å². The van der Waals surface area contributed by atoms with Gasteiger partial charge >= 0.3 is 0 Å². The second-order valence-corrected chi connectivity index (χ2v) is 6.56. The van der Waals surface area contributed by atoms with Gasteiger partial charge in [0.15, 0.2) is 0 Å². The topological polar surface area (TPSA) is 75.4 Å². The van der Waals surface area contributed by atoms with Crippen molar-refractivity contribution in [3.8, 4) is 0 Å². The van der Waals surface area contributed by atoms with Gasteiger partial charge in [-0.15, -0.1) is 0 Å². The molecule has 0 heterocycles. The Kier molecular flexibility index (Phi) is 4.98. The molecule has 0 aliphatic carbocycles. The van der Waals surface area contributed by atoms with Gasteiger partial charge in [-0.2, -0.15) is 0 Å². The van der Waals surface area contributed by atoms with Gasteiger partial charge in [0.2, 0.25) is 10.0 Å². The van der Waals surface area contributed by atoms with E-state index in [0.717, 1.165) is 0 Å². The normalized spacial score (nSPS) is 13.8. The molecule has 0 saturated carbocycles. The maximum absolute atomic E-state index is 12.1. The molecule has 0 bridgehead atoms. The summed E-state index contributed by atoms with van der Waals surface area (Å²) in [6, 6.07) is 4.17. The molecular formula is C11H18ClN3O2S. The number of nitrogens with one attached hydrogen (secondary N) is 1. The van der Waals surface area contributed by atoms with E-state index in [0.29, 0.717) is 12.2 Å². The Labute approximate surface area is 113 Å². The fourth-order valence-corrected chi connectivity index (χ4v) is 3.41. The predicted molar refractivity (Wildman–Crippen MR) is 74.2 cm³/mol. The van der Waals surface area contributed by atoms with Gasteiger partial charge in [0.25, 0.3) is 0 Å². The Morgan fingerprint density at radius 1 is 1.44 bits per heavy atom. The van der Waals surface area contributed by atoms with E-state index in [4.69, 9.17) is 17.3 Å². The molecule has 1 rings (SSSR count). The van der Waals surface area contributed by atoms with Crippen LogP contribution in [0.1, 0.15) is 6.92 Å². The minimum atomic E-state index is -3.65. The highest BCUT2D eigenvalue weighted by Crippen LogP contribution is 2.23. The summed E-state index contributed by atoms with van der Waals surface area (Å²) < 4.78 is 26.8. The summed E-state index contributed by atoms with van der Waals surface area (Å²) in [6.07, 6.45) is 0. The molecule has 0 aromatic heterocycles. The summed E-state index contributed by atoms with van der Waals surface area (Å²) in [4.78, 5) is 1.91. The van der Waals surface area contributed by atoms with Crippen molar-refractivity contribution >= 4 is 27.3 Å². The molecule has 1 atom stereocenters. The van der Waals surface area contributed by atoms with E-state index >= 15 is 0 Å². The number of nitrogens with two attached hydrogens (primary N) is 1. The number of benzene rings is 1. The number of hydrogen-bond donors (Lipinski definition) is 2. The summed E-state index contributed by atoms with van der Waals surface area (Å²) in [5.74, 6) is 0. The molecule has 1 unspecified atom stereocenters. The van der Waals surface area contributed by atoms with E-state index in [2.05, 4.69) is 4.72 Å². The van der Waals surface area contributed by atoms with Crippen molar-refractivity contribution < 1.29 is 8.42 Å². The molecule has 3 N–H and O–H groups in total. The Morgan fingerprint density at radius 2 is 2.06 bits per heavy atom. The second kappa shape index (κ2) is 5.88. The van der Waals surface area contributed by atoms with Gasteiger partial charge in [-0.1, -0.05) is 11.6 Å². The standard InChI is InChI=1S/C11H18ClN3O2S/c1-8(7-15(2)3)14-18(16,17)11-6-9(13)4-5-10(11)12/h4-6,8,14H,7,13H2,1-3H3. The molecule has 5 nitrogen and oxygen atoms in total. The smallest absolute Gasteiger partial charge is 0.242 e. The zero-order chi connectivity index (χ0) is 13.9. The highest BCUT2D eigenvalue weighted by molar-refractivity contribution is 7.89. The van der Waals surface area contributed by atoms with Crippen LogP contribution in [0, 0.1) is 0 Å². The van der Waals surface area contributed by atoms with E-state index in [9.17, 15) is 8.42 Å². The summed E-state index contributed by atoms with van der Waals surface area (Å²) >= 11 is 5.88. The third kappa shape index (κ3) is 4.13. The van der Waals surface area contributed by atoms with E-state index in [1.807, 2.05) is 19.0 Å². The lowest BCUT2D eigenvalue weighted by molar-refractivity contribution is 0.370. The van der Waals surface area contributed by atoms with Crippen LogP contribution in [-0.2, 0) is 10.0 Å². The Balaban J connectivity index is 2.96. The van der Waals surface area contributed by atoms with Crippen molar-refractivity contribution in [1.82, 2.24) is 9.62 Å². The molecule has 1 aromatic rings. The summed E-state index contributed by atoms with van der Waals surface area (Å²) in [5, 5.41) is 0.161. The monoisotopic (exact) mass is 291 g/mol. The van der Waals surface area contributed by atoms with Gasteiger partial charge in [0.05, 0.1) is 5.02 Å². The zero-order valence-corrected chi connectivity index (χ0v) is 12.2. The van der Waals surface area contributed by atoms with E-state index < -0.39 is 10.0 Å². The van der Waals surface area contributed by atoms with Gasteiger partial charge < -0.3 is 10.6 Å². The quantitative estimate of drug-likeness (QED) is 0.798. The summed E-state index contributed by atoms with van der Waals surface area (Å²) in [5.41, 5.74) is 5.94. The number of hydrogen-bond acceptors (Lipinski definition) is 4. The molecule has 0 spiro atoms. The third-order valence-corrected chi connectivity index (χ3v) is 4.31. The molecule has 0 fully saturated rings. The van der Waals surface area contributed by atoms with Gasteiger partial charge in [-0.05, 0) is 39.2 Å². The van der Waals surface area contributed by atoms with E-state index in [1.165, 1.54) is 12.1 Å². The zero-order valence-electron chi connectivity index (χ0n) is 10.6. The SMILES string of the molecule is CC(CN(C)C)NS(=O)(=O)c1cc(N)ccc1Cl. The minimum absolute atomic E-state index is 0.00905. The highest BCUT2D eigenvalue weighted by atomic mass is 35.5. The molecule has 0 aliphatic rings. The third-order valence-electron chi connectivity index (χ3n) is 2.24. The van der Waals surface area contributed by atoms with Crippen LogP contribution in [0.25, 0.3) is 0 Å². The summed E-state index contributed by atoms with van der Waals surface area (Å²) in [7, 11) is 0.0997. The van der Waals surface area contributed by atoms with Crippen molar-refractivity contribution in [2.75, 3.05) is 26.4 Å². The molecule has 102 valence electrons. The van der Waals surface area contributed by atoms with Crippen LogP contribution < -0.4 is 10.5 Å². The lowest BCUT2D eigenvalue weighted by Gasteiger charge is -2.18. The molecular weight excluding hydrogens is 274 g/mol. The van der Waals surface area contributed by atoms with Gasteiger partial charge in [0.1, 0.15) is 4.90 Å². The van der Waals surface area contributed by atoms with Crippen LogP contribution in [-0.4, -0.2) is 40.0 Å². The number of likely N-dealkylation sites (N-methyl/N-ethyl adjacent to an activating group) is 1. The molecule has 0 saturated heterocycles. The largest absolute Gasteiger partial charge is 0.399 e. The number of rotatable bonds is 5. The highest BCUT2D eigenvalue weighted by Gasteiger charge is 2.20. The van der Waals surface area contributed by atoms with Gasteiger partial charge in [-0.25, -0.2) is 13.1 Å².